The van der Waals surface area contributed by atoms with Crippen molar-refractivity contribution in [3.05, 3.63) is 23.8 Å². The van der Waals surface area contributed by atoms with Gasteiger partial charge in [-0.25, -0.2) is 0 Å². The zero-order valence-electron chi connectivity index (χ0n) is 10.6. The monoisotopic (exact) mass is 250 g/mol. The van der Waals surface area contributed by atoms with Crippen LogP contribution in [0.15, 0.2) is 18.2 Å². The van der Waals surface area contributed by atoms with Gasteiger partial charge in [0.25, 0.3) is 5.91 Å². The second-order valence-corrected chi connectivity index (χ2v) is 5.07. The van der Waals surface area contributed by atoms with Gasteiger partial charge in [0.1, 0.15) is 0 Å². The van der Waals surface area contributed by atoms with Crippen molar-refractivity contribution in [2.24, 2.45) is 0 Å². The fourth-order valence-electron chi connectivity index (χ4n) is 2.11. The van der Waals surface area contributed by atoms with Gasteiger partial charge in [0.05, 0.1) is 30.0 Å². The van der Waals surface area contributed by atoms with Crippen molar-refractivity contribution in [1.29, 1.82) is 0 Å². The highest BCUT2D eigenvalue weighted by Gasteiger charge is 2.35. The van der Waals surface area contributed by atoms with Crippen LogP contribution in [0.3, 0.4) is 0 Å². The largest absolute Gasteiger partial charge is 0.505 e. The molecule has 1 amide bonds. The van der Waals surface area contributed by atoms with E-state index in [-0.39, 0.29) is 28.4 Å². The first-order valence-electron chi connectivity index (χ1n) is 5.90. The van der Waals surface area contributed by atoms with Crippen LogP contribution >= 0.6 is 0 Å². The summed E-state index contributed by atoms with van der Waals surface area (Å²) in [6.07, 6.45) is 0. The number of benzene rings is 1. The normalized spacial score (nSPS) is 18.7. The van der Waals surface area contributed by atoms with Gasteiger partial charge in [-0.3, -0.25) is 4.79 Å². The third-order valence-corrected chi connectivity index (χ3v) is 3.19. The molecule has 1 aromatic rings. The molecule has 0 unspecified atom stereocenters. The Labute approximate surface area is 106 Å². The van der Waals surface area contributed by atoms with Crippen molar-refractivity contribution >= 4 is 11.6 Å². The van der Waals surface area contributed by atoms with E-state index in [1.54, 1.807) is 23.1 Å². The molecule has 1 fully saturated rings. The minimum absolute atomic E-state index is 0.148. The lowest BCUT2D eigenvalue weighted by Gasteiger charge is -2.42. The molecule has 1 saturated heterocycles. The van der Waals surface area contributed by atoms with E-state index in [0.717, 1.165) is 0 Å². The predicted octanol–water partition coefficient (Wildman–Crippen LogP) is 1.23. The van der Waals surface area contributed by atoms with E-state index in [9.17, 15) is 9.90 Å². The van der Waals surface area contributed by atoms with Crippen LogP contribution in [0.4, 0.5) is 5.69 Å². The lowest BCUT2D eigenvalue weighted by atomic mass is 10.0. The van der Waals surface area contributed by atoms with Crippen molar-refractivity contribution < 1.29 is 14.6 Å². The SMILES string of the molecule is CC1(C)COCCN1C(=O)c1cccc(N)c1O. The van der Waals surface area contributed by atoms with Crippen LogP contribution in [0.2, 0.25) is 0 Å². The van der Waals surface area contributed by atoms with Crippen LogP contribution in [-0.2, 0) is 4.74 Å². The molecule has 1 heterocycles. The lowest BCUT2D eigenvalue weighted by molar-refractivity contribution is -0.0371. The quantitative estimate of drug-likeness (QED) is 0.580. The van der Waals surface area contributed by atoms with E-state index in [4.69, 9.17) is 10.5 Å². The summed E-state index contributed by atoms with van der Waals surface area (Å²) in [5, 5.41) is 9.87. The molecular formula is C13H18N2O3. The molecular weight excluding hydrogens is 232 g/mol. The number of phenols is 1. The first-order valence-corrected chi connectivity index (χ1v) is 5.90. The van der Waals surface area contributed by atoms with E-state index in [0.29, 0.717) is 19.8 Å². The molecule has 0 spiro atoms. The number of amides is 1. The number of hydrogen-bond acceptors (Lipinski definition) is 4. The Morgan fingerprint density at radius 2 is 2.22 bits per heavy atom. The summed E-state index contributed by atoms with van der Waals surface area (Å²) in [5.74, 6) is -0.363. The average molecular weight is 250 g/mol. The molecule has 1 aromatic carbocycles. The molecule has 5 heteroatoms. The lowest BCUT2D eigenvalue weighted by Crippen LogP contribution is -2.55. The maximum atomic E-state index is 12.4. The molecule has 98 valence electrons. The number of anilines is 1. The standard InChI is InChI=1S/C13H18N2O3/c1-13(2)8-18-7-6-15(13)12(17)9-4-3-5-10(14)11(9)16/h3-5,16H,6-8,14H2,1-2H3. The second kappa shape index (κ2) is 4.49. The van der Waals surface area contributed by atoms with Crippen molar-refractivity contribution in [1.82, 2.24) is 4.90 Å². The fraction of sp³-hybridized carbons (Fsp3) is 0.462. The van der Waals surface area contributed by atoms with Crippen molar-refractivity contribution in [2.75, 3.05) is 25.5 Å². The maximum absolute atomic E-state index is 12.4. The molecule has 1 aliphatic rings. The molecule has 0 aliphatic carbocycles. The number of hydrogen-bond donors (Lipinski definition) is 2. The Balaban J connectivity index is 2.33. The first kappa shape index (κ1) is 12.7. The Kier molecular flexibility index (Phi) is 3.17. The third-order valence-electron chi connectivity index (χ3n) is 3.19. The number of rotatable bonds is 1. The first-order chi connectivity index (χ1) is 8.43. The minimum Gasteiger partial charge on any atom is -0.505 e. The summed E-state index contributed by atoms with van der Waals surface area (Å²) in [5.41, 5.74) is 5.68. The molecule has 0 bridgehead atoms. The smallest absolute Gasteiger partial charge is 0.258 e. The highest BCUT2D eigenvalue weighted by atomic mass is 16.5. The van der Waals surface area contributed by atoms with E-state index in [1.165, 1.54) is 0 Å². The summed E-state index contributed by atoms with van der Waals surface area (Å²) < 4.78 is 5.37. The number of aromatic hydroxyl groups is 1. The zero-order valence-corrected chi connectivity index (χ0v) is 10.6. The van der Waals surface area contributed by atoms with Crippen LogP contribution in [0.25, 0.3) is 0 Å². The Morgan fingerprint density at radius 1 is 1.50 bits per heavy atom. The van der Waals surface area contributed by atoms with E-state index < -0.39 is 0 Å². The van der Waals surface area contributed by atoms with Gasteiger partial charge in [-0.15, -0.1) is 0 Å². The van der Waals surface area contributed by atoms with Gasteiger partial charge in [-0.05, 0) is 26.0 Å². The summed E-state index contributed by atoms with van der Waals surface area (Å²) in [4.78, 5) is 14.2. The van der Waals surface area contributed by atoms with Crippen LogP contribution in [0, 0.1) is 0 Å². The van der Waals surface area contributed by atoms with Crippen LogP contribution in [0.1, 0.15) is 24.2 Å². The minimum atomic E-state index is -0.383. The number of phenolic OH excluding ortho intramolecular Hbond substituents is 1. The molecule has 5 nitrogen and oxygen atoms in total. The molecule has 0 saturated carbocycles. The van der Waals surface area contributed by atoms with Gasteiger partial charge >= 0.3 is 0 Å². The Hall–Kier alpha value is -1.75. The van der Waals surface area contributed by atoms with Gasteiger partial charge < -0.3 is 20.5 Å². The van der Waals surface area contributed by atoms with Crippen molar-refractivity contribution in [2.45, 2.75) is 19.4 Å². The molecule has 0 atom stereocenters. The van der Waals surface area contributed by atoms with Crippen LogP contribution in [0.5, 0.6) is 5.75 Å². The fourth-order valence-corrected chi connectivity index (χ4v) is 2.11. The number of carbonyl (C=O) groups is 1. The highest BCUT2D eigenvalue weighted by Crippen LogP contribution is 2.29. The average Bonchev–Trinajstić information content (AvgIpc) is 2.31. The molecule has 0 radical (unpaired) electrons. The molecule has 2 rings (SSSR count). The van der Waals surface area contributed by atoms with Crippen LogP contribution < -0.4 is 5.73 Å². The van der Waals surface area contributed by atoms with E-state index in [2.05, 4.69) is 0 Å². The number of nitrogens with zero attached hydrogens (tertiary/aromatic N) is 1. The van der Waals surface area contributed by atoms with Crippen molar-refractivity contribution in [3.8, 4) is 5.75 Å². The van der Waals surface area contributed by atoms with Gasteiger partial charge in [-0.1, -0.05) is 6.07 Å². The molecule has 3 N–H and O–H groups in total. The molecule has 18 heavy (non-hydrogen) atoms. The van der Waals surface area contributed by atoms with Crippen molar-refractivity contribution in [3.63, 3.8) is 0 Å². The number of ether oxygens (including phenoxy) is 1. The van der Waals surface area contributed by atoms with Gasteiger partial charge in [0.15, 0.2) is 5.75 Å². The van der Waals surface area contributed by atoms with Crippen LogP contribution in [-0.4, -0.2) is 41.2 Å². The number of carbonyl (C=O) groups excluding carboxylic acids is 1. The zero-order chi connectivity index (χ0) is 13.3. The Morgan fingerprint density at radius 3 is 2.89 bits per heavy atom. The summed E-state index contributed by atoms with van der Waals surface area (Å²) >= 11 is 0. The number of para-hydroxylation sites is 1. The van der Waals surface area contributed by atoms with Gasteiger partial charge in [-0.2, -0.15) is 0 Å². The maximum Gasteiger partial charge on any atom is 0.258 e. The topological polar surface area (TPSA) is 75.8 Å². The summed E-state index contributed by atoms with van der Waals surface area (Å²) in [6, 6.07) is 4.81. The summed E-state index contributed by atoms with van der Waals surface area (Å²) in [7, 11) is 0. The second-order valence-electron chi connectivity index (χ2n) is 5.07. The van der Waals surface area contributed by atoms with Gasteiger partial charge in [0, 0.05) is 6.54 Å². The molecule has 1 aliphatic heterocycles. The number of nitrogen functional groups attached to an aromatic ring is 1. The van der Waals surface area contributed by atoms with Gasteiger partial charge in [0.2, 0.25) is 0 Å². The number of morpholine rings is 1. The summed E-state index contributed by atoms with van der Waals surface area (Å²) in [6.45, 7) is 5.39. The van der Waals surface area contributed by atoms with E-state index >= 15 is 0 Å². The Bertz CT molecular complexity index is 471. The van der Waals surface area contributed by atoms with E-state index in [1.807, 2.05) is 13.8 Å². The third kappa shape index (κ3) is 2.13. The predicted molar refractivity (Wildman–Crippen MR) is 68.5 cm³/mol. The molecule has 0 aromatic heterocycles. The highest BCUT2D eigenvalue weighted by molar-refractivity contribution is 5.98. The number of nitrogens with two attached hydrogens (primary N) is 1.